The van der Waals surface area contributed by atoms with Crippen LogP contribution < -0.4 is 16.8 Å². The second-order valence-electron chi connectivity index (χ2n) is 8.04. The number of nitrogens with zero attached hydrogens (tertiary/aromatic N) is 2. The number of nitrogens with one attached hydrogen (secondary N) is 1. The molecule has 0 aliphatic carbocycles. The van der Waals surface area contributed by atoms with Gasteiger partial charge in [0.25, 0.3) is 0 Å². The van der Waals surface area contributed by atoms with Gasteiger partial charge < -0.3 is 31.0 Å². The van der Waals surface area contributed by atoms with Crippen LogP contribution >= 0.6 is 38.9 Å². The molecule has 5 unspecified atom stereocenters. The van der Waals surface area contributed by atoms with Crippen LogP contribution in [-0.2, 0) is 20.4 Å². The summed E-state index contributed by atoms with van der Waals surface area (Å²) in [7, 11) is 1.42. The van der Waals surface area contributed by atoms with Crippen LogP contribution in [0.1, 0.15) is 10.6 Å². The van der Waals surface area contributed by atoms with Gasteiger partial charge in [0.1, 0.15) is 40.4 Å². The third-order valence-electron chi connectivity index (χ3n) is 5.73. The van der Waals surface area contributed by atoms with E-state index >= 15 is 0 Å². The quantitative estimate of drug-likeness (QED) is 0.309. The van der Waals surface area contributed by atoms with Gasteiger partial charge in [0, 0.05) is 18.7 Å². The molecule has 200 valence electrons. The Morgan fingerprint density at radius 3 is 2.73 bits per heavy atom. The molecule has 2 aromatic rings. The summed E-state index contributed by atoms with van der Waals surface area (Å²) < 4.78 is 72.3. The number of halogens is 6. The second-order valence-corrected chi connectivity index (χ2v) is 10.1. The van der Waals surface area contributed by atoms with Gasteiger partial charge in [0.05, 0.1) is 39.8 Å². The summed E-state index contributed by atoms with van der Waals surface area (Å²) in [5, 5.41) is 5.60. The van der Waals surface area contributed by atoms with Crippen molar-refractivity contribution in [1.29, 1.82) is 0 Å². The van der Waals surface area contributed by atoms with Crippen molar-refractivity contribution in [3.05, 3.63) is 62.0 Å². The van der Waals surface area contributed by atoms with Crippen LogP contribution in [0, 0.1) is 5.82 Å². The molecular weight excluding hydrogens is 606 g/mol. The number of hydrogen-bond acceptors (Lipinski definition) is 9. The highest BCUT2D eigenvalue weighted by molar-refractivity contribution is 9.10. The molecule has 1 aromatic heterocycles. The Morgan fingerprint density at radius 2 is 2.16 bits per heavy atom. The zero-order valence-electron chi connectivity index (χ0n) is 19.0. The summed E-state index contributed by atoms with van der Waals surface area (Å²) >= 11 is 10.1. The molecule has 15 heteroatoms. The number of thiazole rings is 1. The number of methoxy groups -OCH3 is 1. The summed E-state index contributed by atoms with van der Waals surface area (Å²) in [5.74, 6) is -1.07. The van der Waals surface area contributed by atoms with E-state index < -0.39 is 53.7 Å². The van der Waals surface area contributed by atoms with Crippen LogP contribution in [0.25, 0.3) is 5.70 Å². The fraction of sp³-hybridized carbons (Fsp3) is 0.364. The number of ether oxygens (including phenoxy) is 3. The van der Waals surface area contributed by atoms with E-state index in [4.69, 9.17) is 37.3 Å². The van der Waals surface area contributed by atoms with Gasteiger partial charge >= 0.3 is 6.18 Å². The van der Waals surface area contributed by atoms with E-state index in [9.17, 15) is 17.6 Å². The maximum atomic E-state index is 14.0. The van der Waals surface area contributed by atoms with Crippen LogP contribution in [0.3, 0.4) is 0 Å². The molecule has 0 spiro atoms. The summed E-state index contributed by atoms with van der Waals surface area (Å²) in [6, 6.07) is 0.788. The Balaban J connectivity index is 1.71. The highest BCUT2D eigenvalue weighted by atomic mass is 79.9. The smallest absolute Gasteiger partial charge is 0.405 e. The molecule has 2 fully saturated rings. The molecule has 2 aliphatic heterocycles. The lowest BCUT2D eigenvalue weighted by molar-refractivity contribution is -0.262. The fourth-order valence-electron chi connectivity index (χ4n) is 4.00. The molecule has 8 nitrogen and oxygen atoms in total. The molecular formula is C22H21BrClF4N5O3S. The van der Waals surface area contributed by atoms with Gasteiger partial charge in [-0.1, -0.05) is 11.6 Å². The van der Waals surface area contributed by atoms with Gasteiger partial charge in [-0.25, -0.2) is 14.4 Å². The topological polar surface area (TPSA) is 117 Å². The summed E-state index contributed by atoms with van der Waals surface area (Å²) in [6.07, 6.45) is -3.48. The first-order valence-corrected chi connectivity index (χ1v) is 12.7. The Bertz CT molecular complexity index is 1240. The maximum absolute atomic E-state index is 14.0. The lowest BCUT2D eigenvalue weighted by Crippen LogP contribution is -2.70. The number of fused-ring (bicyclic) bond motifs is 1. The van der Waals surface area contributed by atoms with E-state index in [1.54, 1.807) is 5.38 Å². The van der Waals surface area contributed by atoms with Gasteiger partial charge in [0.2, 0.25) is 0 Å². The van der Waals surface area contributed by atoms with Gasteiger partial charge in [-0.05, 0) is 40.3 Å². The molecule has 3 heterocycles. The minimum absolute atomic E-state index is 0.0409. The van der Waals surface area contributed by atoms with Crippen molar-refractivity contribution < 1.29 is 31.8 Å². The van der Waals surface area contributed by atoms with Crippen molar-refractivity contribution in [2.75, 3.05) is 13.7 Å². The minimum atomic E-state index is -4.86. The molecule has 1 aromatic carbocycles. The van der Waals surface area contributed by atoms with Gasteiger partial charge in [0.15, 0.2) is 0 Å². The molecule has 0 saturated carbocycles. The average Bonchev–Trinajstić information content (AvgIpc) is 3.25. The third-order valence-corrected chi connectivity index (χ3v) is 7.55. The molecule has 2 saturated heterocycles. The highest BCUT2D eigenvalue weighted by Gasteiger charge is 2.52. The van der Waals surface area contributed by atoms with Gasteiger partial charge in [-0.2, -0.15) is 13.2 Å². The van der Waals surface area contributed by atoms with E-state index in [1.165, 1.54) is 30.7 Å². The number of nitrogens with two attached hydrogens (primary N) is 2. The Morgan fingerprint density at radius 1 is 1.41 bits per heavy atom. The monoisotopic (exact) mass is 625 g/mol. The number of aromatic nitrogens is 1. The van der Waals surface area contributed by atoms with E-state index in [0.29, 0.717) is 21.9 Å². The Hall–Kier alpha value is -2.23. The predicted molar refractivity (Wildman–Crippen MR) is 135 cm³/mol. The minimum Gasteiger partial charge on any atom is -0.405 e. The summed E-state index contributed by atoms with van der Waals surface area (Å²) in [5.41, 5.74) is 10.3. The average molecular weight is 627 g/mol. The molecule has 4 rings (SSSR count). The van der Waals surface area contributed by atoms with Crippen molar-refractivity contribution in [2.24, 2.45) is 16.5 Å². The molecule has 5 atom stereocenters. The predicted octanol–water partition coefficient (Wildman–Crippen LogP) is 4.36. The number of rotatable bonds is 7. The van der Waals surface area contributed by atoms with Crippen LogP contribution in [0.4, 0.5) is 23.2 Å². The number of hydrogen-bond donors (Lipinski definition) is 3. The lowest BCUT2D eigenvalue weighted by atomic mass is 9.87. The van der Waals surface area contributed by atoms with Crippen molar-refractivity contribution in [3.8, 4) is 0 Å². The molecule has 5 N–H and O–H groups in total. The van der Waals surface area contributed by atoms with Crippen molar-refractivity contribution in [3.63, 3.8) is 0 Å². The standard InChI is InChI=1S/C22H21BrClF4N5O3S/c1-34-20-17(31-6-12(30)21-33-16(24)8-37-21)19-15(7-35-19)36-18(20)13(2-3-29)32-14-5-10(23)11(25)4-9(14)22(26,27)28/h2-6,8,15,17-20,31H,7,29-30H2,1H3/b3-2-,12-6-,32-13?. The molecule has 2 aliphatic rings. The van der Waals surface area contributed by atoms with E-state index in [1.807, 2.05) is 0 Å². The van der Waals surface area contributed by atoms with Crippen LogP contribution in [0.2, 0.25) is 5.15 Å². The summed E-state index contributed by atoms with van der Waals surface area (Å²) in [4.78, 5) is 8.31. The van der Waals surface area contributed by atoms with Crippen molar-refractivity contribution >= 4 is 56.0 Å². The second kappa shape index (κ2) is 11.3. The van der Waals surface area contributed by atoms with Gasteiger partial charge in [-0.3, -0.25) is 0 Å². The Kier molecular flexibility index (Phi) is 8.45. The van der Waals surface area contributed by atoms with Crippen molar-refractivity contribution in [2.45, 2.75) is 36.6 Å². The van der Waals surface area contributed by atoms with Gasteiger partial charge in [-0.15, -0.1) is 11.3 Å². The molecule has 37 heavy (non-hydrogen) atoms. The zero-order valence-corrected chi connectivity index (χ0v) is 22.2. The first kappa shape index (κ1) is 27.8. The highest BCUT2D eigenvalue weighted by Crippen LogP contribution is 2.40. The van der Waals surface area contributed by atoms with E-state index in [0.717, 1.165) is 12.3 Å². The largest absolute Gasteiger partial charge is 0.418 e. The normalized spacial score (nSPS) is 26.7. The number of benzene rings is 1. The van der Waals surface area contributed by atoms with Crippen LogP contribution in [0.5, 0.6) is 0 Å². The first-order chi connectivity index (χ1) is 17.5. The van der Waals surface area contributed by atoms with Crippen LogP contribution in [0.15, 0.2) is 45.5 Å². The fourth-order valence-corrected chi connectivity index (χ4v) is 5.21. The van der Waals surface area contributed by atoms with E-state index in [2.05, 4.69) is 31.2 Å². The molecule has 0 amide bonds. The lowest BCUT2D eigenvalue weighted by Gasteiger charge is -2.51. The third kappa shape index (κ3) is 5.94. The first-order valence-electron chi connectivity index (χ1n) is 10.7. The number of aliphatic imine (C=N–C) groups is 1. The molecule has 0 radical (unpaired) electrons. The molecule has 0 bridgehead atoms. The zero-order chi connectivity index (χ0) is 26.9. The Labute approximate surface area is 226 Å². The van der Waals surface area contributed by atoms with Crippen LogP contribution in [-0.4, -0.2) is 54.9 Å². The SMILES string of the molecule is COC1C(C(/C=C\N)=Nc2cc(Br)c(F)cc2C(F)(F)F)OC2COC2C1N/C=C(\N)c1nc(Cl)cs1. The van der Waals surface area contributed by atoms with Crippen molar-refractivity contribution in [1.82, 2.24) is 10.3 Å². The summed E-state index contributed by atoms with van der Waals surface area (Å²) in [6.45, 7) is 0.257. The maximum Gasteiger partial charge on any atom is 0.418 e. The number of alkyl halides is 3. The van der Waals surface area contributed by atoms with E-state index in [-0.39, 0.29) is 16.8 Å².